The fraction of sp³-hybridized carbons (Fsp3) is 0.368. The first kappa shape index (κ1) is 17.3. The molecule has 0 aromatic heterocycles. The van der Waals surface area contributed by atoms with E-state index in [1.165, 1.54) is 11.1 Å². The maximum atomic E-state index is 6.24. The van der Waals surface area contributed by atoms with Gasteiger partial charge in [0.1, 0.15) is 0 Å². The van der Waals surface area contributed by atoms with Gasteiger partial charge in [0.25, 0.3) is 0 Å². The van der Waals surface area contributed by atoms with Gasteiger partial charge in [0, 0.05) is 23.1 Å². The van der Waals surface area contributed by atoms with Crippen molar-refractivity contribution in [3.63, 3.8) is 0 Å². The minimum absolute atomic E-state index is 0.196. The van der Waals surface area contributed by atoms with Gasteiger partial charge in [0.05, 0.1) is 0 Å². The molecule has 0 amide bonds. The molecule has 118 valence electrons. The molecule has 0 aliphatic carbocycles. The van der Waals surface area contributed by atoms with Crippen molar-refractivity contribution in [1.82, 2.24) is 4.90 Å². The van der Waals surface area contributed by atoms with E-state index in [0.717, 1.165) is 23.7 Å². The first-order valence-corrected chi connectivity index (χ1v) is 8.23. The van der Waals surface area contributed by atoms with Crippen LogP contribution in [0.4, 0.5) is 0 Å². The normalized spacial score (nSPS) is 12.0. The third-order valence-electron chi connectivity index (χ3n) is 3.73. The van der Waals surface area contributed by atoms with Crippen LogP contribution >= 0.6 is 23.2 Å². The average Bonchev–Trinajstić information content (AvgIpc) is 2.41. The minimum atomic E-state index is 0.196. The van der Waals surface area contributed by atoms with Gasteiger partial charge in [-0.05, 0) is 41.3 Å². The van der Waals surface area contributed by atoms with E-state index in [9.17, 15) is 0 Å². The predicted molar refractivity (Wildman–Crippen MR) is 96.8 cm³/mol. The molecule has 0 saturated heterocycles. The lowest BCUT2D eigenvalue weighted by Crippen LogP contribution is -2.18. The van der Waals surface area contributed by atoms with Gasteiger partial charge in [-0.2, -0.15) is 0 Å². The van der Waals surface area contributed by atoms with E-state index in [4.69, 9.17) is 23.2 Å². The first-order chi connectivity index (χ1) is 10.3. The fourth-order valence-electron chi connectivity index (χ4n) is 2.42. The van der Waals surface area contributed by atoms with E-state index < -0.39 is 0 Å². The molecule has 0 saturated carbocycles. The van der Waals surface area contributed by atoms with Gasteiger partial charge in [-0.25, -0.2) is 0 Å². The summed E-state index contributed by atoms with van der Waals surface area (Å²) in [5.41, 5.74) is 3.96. The fourth-order valence-corrected chi connectivity index (χ4v) is 2.89. The van der Waals surface area contributed by atoms with Crippen LogP contribution in [-0.2, 0) is 18.5 Å². The Hall–Kier alpha value is -1.02. The molecular formula is C19H23Cl2N. The lowest BCUT2D eigenvalue weighted by molar-refractivity contribution is 0.319. The van der Waals surface area contributed by atoms with Gasteiger partial charge < -0.3 is 0 Å². The monoisotopic (exact) mass is 335 g/mol. The summed E-state index contributed by atoms with van der Waals surface area (Å²) in [5, 5.41) is 1.40. The van der Waals surface area contributed by atoms with E-state index in [1.807, 2.05) is 12.1 Å². The topological polar surface area (TPSA) is 3.24 Å². The lowest BCUT2D eigenvalue weighted by Gasteiger charge is -2.21. The summed E-state index contributed by atoms with van der Waals surface area (Å²) in [4.78, 5) is 2.25. The summed E-state index contributed by atoms with van der Waals surface area (Å²) in [6.45, 7) is 8.39. The second kappa shape index (κ2) is 7.04. The summed E-state index contributed by atoms with van der Waals surface area (Å²) in [5.74, 6) is 0. The molecule has 2 rings (SSSR count). The third-order valence-corrected chi connectivity index (χ3v) is 4.31. The first-order valence-electron chi connectivity index (χ1n) is 7.47. The largest absolute Gasteiger partial charge is 0.298 e. The maximum Gasteiger partial charge on any atom is 0.0465 e. The Balaban J connectivity index is 2.01. The van der Waals surface area contributed by atoms with Crippen molar-refractivity contribution < 1.29 is 0 Å². The highest BCUT2D eigenvalue weighted by molar-refractivity contribution is 6.35. The Morgan fingerprint density at radius 3 is 2.09 bits per heavy atom. The van der Waals surface area contributed by atoms with E-state index in [2.05, 4.69) is 57.0 Å². The van der Waals surface area contributed by atoms with Gasteiger partial charge in [-0.15, -0.1) is 0 Å². The number of benzene rings is 2. The molecule has 0 atom stereocenters. The SMILES string of the molecule is CN(Cc1ccc(C(C)(C)C)cc1)Cc1ccc(Cl)cc1Cl. The van der Waals surface area contributed by atoms with Crippen molar-refractivity contribution in [1.29, 1.82) is 0 Å². The van der Waals surface area contributed by atoms with Gasteiger partial charge in [0.15, 0.2) is 0 Å². The highest BCUT2D eigenvalue weighted by Crippen LogP contribution is 2.24. The second-order valence-electron chi connectivity index (χ2n) is 6.85. The Morgan fingerprint density at radius 1 is 0.909 bits per heavy atom. The number of hydrogen-bond acceptors (Lipinski definition) is 1. The van der Waals surface area contributed by atoms with Gasteiger partial charge in [-0.1, -0.05) is 74.3 Å². The van der Waals surface area contributed by atoms with Gasteiger partial charge in [-0.3, -0.25) is 4.90 Å². The van der Waals surface area contributed by atoms with Gasteiger partial charge >= 0.3 is 0 Å². The quantitative estimate of drug-likeness (QED) is 0.669. The van der Waals surface area contributed by atoms with Crippen LogP contribution in [0.3, 0.4) is 0 Å². The molecule has 0 aliphatic rings. The number of rotatable bonds is 4. The van der Waals surface area contributed by atoms with Crippen LogP contribution in [0.2, 0.25) is 10.0 Å². The Bertz CT molecular complexity index is 627. The zero-order chi connectivity index (χ0) is 16.3. The van der Waals surface area contributed by atoms with Crippen LogP contribution in [-0.4, -0.2) is 11.9 Å². The zero-order valence-corrected chi connectivity index (χ0v) is 15.2. The highest BCUT2D eigenvalue weighted by Gasteiger charge is 2.13. The van der Waals surface area contributed by atoms with Crippen LogP contribution in [0.1, 0.15) is 37.5 Å². The van der Waals surface area contributed by atoms with E-state index >= 15 is 0 Å². The van der Waals surface area contributed by atoms with E-state index in [-0.39, 0.29) is 5.41 Å². The predicted octanol–water partition coefficient (Wildman–Crippen LogP) is 5.92. The molecule has 0 fully saturated rings. The summed E-state index contributed by atoms with van der Waals surface area (Å²) >= 11 is 12.2. The third kappa shape index (κ3) is 4.74. The number of nitrogens with zero attached hydrogens (tertiary/aromatic N) is 1. The molecule has 0 N–H and O–H groups in total. The Labute approximate surface area is 143 Å². The standard InChI is InChI=1S/C19H23Cl2N/c1-19(2,3)16-8-5-14(6-9-16)12-22(4)13-15-7-10-17(20)11-18(15)21/h5-11H,12-13H2,1-4H3. The molecule has 0 radical (unpaired) electrons. The molecule has 2 aromatic carbocycles. The van der Waals surface area contributed by atoms with Crippen LogP contribution in [0.15, 0.2) is 42.5 Å². The van der Waals surface area contributed by atoms with Crippen molar-refractivity contribution in [3.8, 4) is 0 Å². The molecule has 0 unspecified atom stereocenters. The van der Waals surface area contributed by atoms with Crippen molar-refractivity contribution in [2.24, 2.45) is 0 Å². The van der Waals surface area contributed by atoms with Crippen LogP contribution in [0.25, 0.3) is 0 Å². The summed E-state index contributed by atoms with van der Waals surface area (Å²) in [6.07, 6.45) is 0. The smallest absolute Gasteiger partial charge is 0.0465 e. The van der Waals surface area contributed by atoms with Crippen LogP contribution in [0, 0.1) is 0 Å². The zero-order valence-electron chi connectivity index (χ0n) is 13.7. The molecule has 0 bridgehead atoms. The molecule has 22 heavy (non-hydrogen) atoms. The summed E-state index contributed by atoms with van der Waals surface area (Å²) in [6, 6.07) is 14.5. The van der Waals surface area contributed by atoms with Crippen molar-refractivity contribution >= 4 is 23.2 Å². The second-order valence-corrected chi connectivity index (χ2v) is 7.70. The summed E-state index contributed by atoms with van der Waals surface area (Å²) in [7, 11) is 2.10. The molecule has 0 spiro atoms. The van der Waals surface area contributed by atoms with E-state index in [0.29, 0.717) is 5.02 Å². The lowest BCUT2D eigenvalue weighted by atomic mass is 9.87. The summed E-state index contributed by atoms with van der Waals surface area (Å²) < 4.78 is 0. The highest BCUT2D eigenvalue weighted by atomic mass is 35.5. The number of halogens is 2. The van der Waals surface area contributed by atoms with Crippen LogP contribution < -0.4 is 0 Å². The maximum absolute atomic E-state index is 6.24. The molecule has 3 heteroatoms. The molecule has 1 nitrogen and oxygen atoms in total. The molecular weight excluding hydrogens is 313 g/mol. The molecule has 2 aromatic rings. The van der Waals surface area contributed by atoms with Gasteiger partial charge in [0.2, 0.25) is 0 Å². The Morgan fingerprint density at radius 2 is 1.55 bits per heavy atom. The number of hydrogen-bond donors (Lipinski definition) is 0. The average molecular weight is 336 g/mol. The minimum Gasteiger partial charge on any atom is -0.298 e. The Kier molecular flexibility index (Phi) is 5.55. The molecule has 0 aliphatic heterocycles. The van der Waals surface area contributed by atoms with E-state index in [1.54, 1.807) is 6.07 Å². The van der Waals surface area contributed by atoms with Crippen molar-refractivity contribution in [3.05, 3.63) is 69.2 Å². The van der Waals surface area contributed by atoms with Crippen molar-refractivity contribution in [2.45, 2.75) is 39.3 Å². The molecule has 0 heterocycles. The van der Waals surface area contributed by atoms with Crippen molar-refractivity contribution in [2.75, 3.05) is 7.05 Å². The van der Waals surface area contributed by atoms with Crippen LogP contribution in [0.5, 0.6) is 0 Å².